The number of nitrogens with one attached hydrogen (secondary N) is 1. The predicted octanol–water partition coefficient (Wildman–Crippen LogP) is 3.04. The van der Waals surface area contributed by atoms with Crippen LogP contribution in [0.1, 0.15) is 37.1 Å². The molecule has 2 aromatic rings. The van der Waals surface area contributed by atoms with E-state index in [9.17, 15) is 22.8 Å². The molecule has 188 valence electrons. The molecule has 8 nitrogen and oxygen atoms in total. The standard InChI is InChI=1S/C23H23F3N2O6S/c1-3-9-31-15-7-5-14(6-8-15)21(35)33-13-18-17(32-10-4-2)11-19(34-18)28-12-16(23(24,25)26)20(29)27-22(28)30/h2,5-8,12,17-19H,3,9-11,13H2,1H3,(H,27,29,30)/t17-,18+,19+/m0/s1. The Morgan fingerprint density at radius 3 is 2.66 bits per heavy atom. The van der Waals surface area contributed by atoms with Crippen molar-refractivity contribution in [1.82, 2.24) is 9.55 Å². The van der Waals surface area contributed by atoms with E-state index in [0.717, 1.165) is 6.42 Å². The third-order valence-electron chi connectivity index (χ3n) is 5.09. The van der Waals surface area contributed by atoms with Gasteiger partial charge < -0.3 is 18.9 Å². The monoisotopic (exact) mass is 512 g/mol. The lowest BCUT2D eigenvalue weighted by Gasteiger charge is -2.19. The van der Waals surface area contributed by atoms with Gasteiger partial charge in [0.05, 0.1) is 12.7 Å². The van der Waals surface area contributed by atoms with E-state index in [1.165, 1.54) is 0 Å². The molecule has 1 aromatic heterocycles. The number of aromatic amines is 1. The maximum absolute atomic E-state index is 13.2. The molecule has 1 fully saturated rings. The fourth-order valence-electron chi connectivity index (χ4n) is 3.40. The van der Waals surface area contributed by atoms with Gasteiger partial charge >= 0.3 is 11.9 Å². The van der Waals surface area contributed by atoms with E-state index in [2.05, 4.69) is 5.92 Å². The molecule has 1 aromatic carbocycles. The minimum absolute atomic E-state index is 0.00478. The number of thiocarbonyl (C=S) groups is 1. The number of ether oxygens (including phenoxy) is 4. The zero-order valence-corrected chi connectivity index (χ0v) is 19.5. The minimum Gasteiger partial charge on any atom is -0.494 e. The second-order valence-corrected chi connectivity index (χ2v) is 7.97. The van der Waals surface area contributed by atoms with Gasteiger partial charge in [-0.3, -0.25) is 14.3 Å². The Balaban J connectivity index is 1.73. The maximum Gasteiger partial charge on any atom is 0.423 e. The van der Waals surface area contributed by atoms with Gasteiger partial charge in [-0.25, -0.2) is 4.79 Å². The lowest BCUT2D eigenvalue weighted by atomic mass is 10.2. The number of halogens is 3. The van der Waals surface area contributed by atoms with Crippen molar-refractivity contribution in [3.05, 3.63) is 62.4 Å². The Hall–Kier alpha value is -3.14. The third kappa shape index (κ3) is 6.72. The lowest BCUT2D eigenvalue weighted by molar-refractivity contribution is -0.139. The number of hydrogen-bond acceptors (Lipinski definition) is 7. The van der Waals surface area contributed by atoms with Crippen LogP contribution in [0.25, 0.3) is 0 Å². The minimum atomic E-state index is -4.95. The van der Waals surface area contributed by atoms with Gasteiger partial charge in [0.2, 0.25) is 0 Å². The summed E-state index contributed by atoms with van der Waals surface area (Å²) in [5, 5.41) is 0.162. The van der Waals surface area contributed by atoms with Crippen LogP contribution in [0, 0.1) is 12.3 Å². The highest BCUT2D eigenvalue weighted by molar-refractivity contribution is 7.80. The topological polar surface area (TPSA) is 91.8 Å². The highest BCUT2D eigenvalue weighted by atomic mass is 32.1. The Morgan fingerprint density at radius 2 is 2.03 bits per heavy atom. The van der Waals surface area contributed by atoms with Gasteiger partial charge in [-0.1, -0.05) is 12.8 Å². The van der Waals surface area contributed by atoms with Gasteiger partial charge in [-0.2, -0.15) is 13.2 Å². The number of nitrogens with zero attached hydrogens (tertiary/aromatic N) is 1. The van der Waals surface area contributed by atoms with Crippen LogP contribution >= 0.6 is 12.2 Å². The molecule has 1 aliphatic rings. The summed E-state index contributed by atoms with van der Waals surface area (Å²) in [7, 11) is 0. The van der Waals surface area contributed by atoms with Crippen molar-refractivity contribution in [1.29, 1.82) is 0 Å². The molecule has 2 heterocycles. The fourth-order valence-corrected chi connectivity index (χ4v) is 3.61. The Kier molecular flexibility index (Phi) is 8.71. The molecule has 0 bridgehead atoms. The Morgan fingerprint density at radius 1 is 1.31 bits per heavy atom. The normalized spacial score (nSPS) is 19.8. The van der Waals surface area contributed by atoms with Gasteiger partial charge in [0, 0.05) is 18.2 Å². The van der Waals surface area contributed by atoms with Gasteiger partial charge in [0.25, 0.3) is 5.56 Å². The molecule has 0 saturated carbocycles. The molecule has 1 saturated heterocycles. The number of alkyl halides is 3. The van der Waals surface area contributed by atoms with Crippen LogP contribution in [0.15, 0.2) is 40.1 Å². The number of rotatable bonds is 9. The Labute approximate surface area is 204 Å². The van der Waals surface area contributed by atoms with E-state index < -0.39 is 41.4 Å². The number of aromatic nitrogens is 2. The summed E-state index contributed by atoms with van der Waals surface area (Å²) in [4.78, 5) is 25.5. The first-order valence-electron chi connectivity index (χ1n) is 10.7. The predicted molar refractivity (Wildman–Crippen MR) is 123 cm³/mol. The number of benzene rings is 1. The maximum atomic E-state index is 13.2. The summed E-state index contributed by atoms with van der Waals surface area (Å²) < 4.78 is 62.7. The van der Waals surface area contributed by atoms with Gasteiger partial charge in [-0.05, 0) is 42.9 Å². The summed E-state index contributed by atoms with van der Waals surface area (Å²) in [6, 6.07) is 6.97. The van der Waals surface area contributed by atoms with Crippen molar-refractivity contribution < 1.29 is 32.1 Å². The van der Waals surface area contributed by atoms with Crippen molar-refractivity contribution in [2.24, 2.45) is 0 Å². The Bertz CT molecular complexity index is 1190. The number of hydrogen-bond donors (Lipinski definition) is 1. The zero-order chi connectivity index (χ0) is 25.6. The first-order chi connectivity index (χ1) is 16.6. The molecule has 35 heavy (non-hydrogen) atoms. The molecule has 1 N–H and O–H groups in total. The molecule has 0 aliphatic carbocycles. The smallest absolute Gasteiger partial charge is 0.423 e. The van der Waals surface area contributed by atoms with Gasteiger partial charge in [0.15, 0.2) is 5.05 Å². The third-order valence-corrected chi connectivity index (χ3v) is 5.44. The van der Waals surface area contributed by atoms with Crippen LogP contribution in [-0.4, -0.2) is 46.6 Å². The summed E-state index contributed by atoms with van der Waals surface area (Å²) in [6.45, 7) is 2.39. The summed E-state index contributed by atoms with van der Waals surface area (Å²) in [5.41, 5.74) is -3.49. The van der Waals surface area contributed by atoms with E-state index in [0.29, 0.717) is 28.7 Å². The van der Waals surface area contributed by atoms with Crippen LogP contribution in [-0.2, 0) is 20.4 Å². The SMILES string of the molecule is C#CCO[C@H]1C[C@H](n2cc(C(F)(F)F)c(=O)[nH]c2=O)O[C@@H]1COC(=S)c1ccc(OCCC)cc1. The largest absolute Gasteiger partial charge is 0.494 e. The molecular weight excluding hydrogens is 489 g/mol. The van der Waals surface area contributed by atoms with Crippen LogP contribution < -0.4 is 16.0 Å². The van der Waals surface area contributed by atoms with Crippen molar-refractivity contribution in [3.8, 4) is 18.1 Å². The average molecular weight is 513 g/mol. The first kappa shape index (κ1) is 26.5. The van der Waals surface area contributed by atoms with Crippen LogP contribution in [0.3, 0.4) is 0 Å². The molecule has 0 radical (unpaired) electrons. The number of H-pyrrole nitrogens is 1. The van der Waals surface area contributed by atoms with E-state index in [-0.39, 0.29) is 24.7 Å². The summed E-state index contributed by atoms with van der Waals surface area (Å²) >= 11 is 5.32. The van der Waals surface area contributed by atoms with E-state index in [1.807, 2.05) is 6.92 Å². The van der Waals surface area contributed by atoms with Crippen LogP contribution in [0.4, 0.5) is 13.2 Å². The summed E-state index contributed by atoms with van der Waals surface area (Å²) in [5.74, 6) is 2.99. The van der Waals surface area contributed by atoms with Crippen molar-refractivity contribution in [2.75, 3.05) is 19.8 Å². The molecule has 12 heteroatoms. The molecular formula is C23H23F3N2O6S. The summed E-state index contributed by atoms with van der Waals surface area (Å²) in [6.07, 6.45) is -1.05. The quantitative estimate of drug-likeness (QED) is 0.408. The van der Waals surface area contributed by atoms with Crippen molar-refractivity contribution >= 4 is 17.3 Å². The van der Waals surface area contributed by atoms with Crippen LogP contribution in [0.5, 0.6) is 5.75 Å². The first-order valence-corrected chi connectivity index (χ1v) is 11.1. The van der Waals surface area contributed by atoms with Crippen molar-refractivity contribution in [3.63, 3.8) is 0 Å². The van der Waals surface area contributed by atoms with E-state index in [4.69, 9.17) is 37.6 Å². The average Bonchev–Trinajstić information content (AvgIpc) is 3.21. The second-order valence-electron chi connectivity index (χ2n) is 7.60. The fraction of sp³-hybridized carbons (Fsp3) is 0.435. The molecule has 0 spiro atoms. The molecule has 3 atom stereocenters. The molecule has 1 aliphatic heterocycles. The van der Waals surface area contributed by atoms with E-state index >= 15 is 0 Å². The molecule has 3 rings (SSSR count). The van der Waals surface area contributed by atoms with Gasteiger partial charge in [-0.15, -0.1) is 6.42 Å². The molecule has 0 amide bonds. The van der Waals surface area contributed by atoms with Crippen LogP contribution in [0.2, 0.25) is 0 Å². The number of terminal acetylenes is 1. The van der Waals surface area contributed by atoms with Gasteiger partial charge in [0.1, 0.15) is 36.9 Å². The van der Waals surface area contributed by atoms with Crippen molar-refractivity contribution in [2.45, 2.75) is 44.4 Å². The zero-order valence-electron chi connectivity index (χ0n) is 18.7. The second kappa shape index (κ2) is 11.5. The van der Waals surface area contributed by atoms with E-state index in [1.54, 1.807) is 29.2 Å². The molecule has 0 unspecified atom stereocenters. The highest BCUT2D eigenvalue weighted by Crippen LogP contribution is 2.32. The highest BCUT2D eigenvalue weighted by Gasteiger charge is 2.40. The lowest BCUT2D eigenvalue weighted by Crippen LogP contribution is -2.36.